The molecule has 0 fully saturated rings. The summed E-state index contributed by atoms with van der Waals surface area (Å²) in [5.41, 5.74) is 0. The van der Waals surface area contributed by atoms with Gasteiger partial charge in [-0.2, -0.15) is 0 Å². The Balaban J connectivity index is 0. The minimum Gasteiger partial charge on any atom is -0.748 e. The van der Waals surface area contributed by atoms with Gasteiger partial charge in [-0.05, 0) is 12.8 Å². The summed E-state index contributed by atoms with van der Waals surface area (Å²) in [6, 6.07) is 0. The van der Waals surface area contributed by atoms with Gasteiger partial charge in [0.05, 0.1) is 11.4 Å². The third kappa shape index (κ3) is 19.2. The van der Waals surface area contributed by atoms with Crippen LogP contribution in [0.1, 0.15) is 123 Å². The van der Waals surface area contributed by atoms with Gasteiger partial charge in [0.15, 0.2) is 0 Å². The Labute approximate surface area is 211 Å². The van der Waals surface area contributed by atoms with Crippen molar-refractivity contribution in [2.75, 3.05) is 0 Å². The van der Waals surface area contributed by atoms with Gasteiger partial charge in [-0.1, -0.05) is 110 Å². The van der Waals surface area contributed by atoms with Gasteiger partial charge in [-0.3, -0.25) is 0 Å². The summed E-state index contributed by atoms with van der Waals surface area (Å²) in [7, 11) is -4.40. The number of aliphatic hydroxyl groups excluding tert-OH is 1. The third-order valence-electron chi connectivity index (χ3n) is 5.25. The van der Waals surface area contributed by atoms with Crippen LogP contribution in [0.25, 0.3) is 0 Å². The number of aliphatic hydroxyl groups is 1. The second-order valence-electron chi connectivity index (χ2n) is 7.77. The predicted molar refractivity (Wildman–Crippen MR) is 109 cm³/mol. The second-order valence-corrected chi connectivity index (χ2v) is 9.36. The Kier molecular flexibility index (Phi) is 23.6. The summed E-state index contributed by atoms with van der Waals surface area (Å²) in [5, 5.41) is 8.94. The summed E-state index contributed by atoms with van der Waals surface area (Å²) >= 11 is 0. The van der Waals surface area contributed by atoms with Crippen LogP contribution in [-0.4, -0.2) is 29.4 Å². The van der Waals surface area contributed by atoms with Crippen molar-refractivity contribution in [2.24, 2.45) is 0 Å². The van der Waals surface area contributed by atoms with Crippen molar-refractivity contribution in [3.63, 3.8) is 0 Å². The molecule has 0 rings (SSSR count). The molecule has 0 aliphatic rings. The molecule has 0 aromatic carbocycles. The van der Waals surface area contributed by atoms with Crippen LogP contribution in [0.4, 0.5) is 0 Å². The Hall–Kier alpha value is 1.51. The van der Waals surface area contributed by atoms with Gasteiger partial charge in [0.25, 0.3) is 0 Å². The van der Waals surface area contributed by atoms with E-state index in [0.717, 1.165) is 25.7 Å². The number of hydrogen-bond donors (Lipinski definition) is 1. The molecule has 0 aromatic rings. The summed E-state index contributed by atoms with van der Waals surface area (Å²) in [4.78, 5) is 0. The second kappa shape index (κ2) is 20.8. The van der Waals surface area contributed by atoms with Crippen LogP contribution in [0.2, 0.25) is 0 Å². The fourth-order valence-corrected chi connectivity index (χ4v) is 4.47. The summed E-state index contributed by atoms with van der Waals surface area (Å²) in [6.07, 6.45) is 17.5. The molecule has 0 bridgehead atoms. The molecule has 6 heteroatoms. The molecule has 2 unspecified atom stereocenters. The molecule has 4 nitrogen and oxygen atoms in total. The summed E-state index contributed by atoms with van der Waals surface area (Å²) in [6.45, 7) is 4.20. The Bertz CT molecular complexity index is 401. The van der Waals surface area contributed by atoms with Gasteiger partial charge in [-0.25, -0.2) is 8.42 Å². The molecular formula is C21H43KO4S. The van der Waals surface area contributed by atoms with E-state index in [1.54, 1.807) is 0 Å². The molecular weight excluding hydrogens is 387 g/mol. The number of hydrogen-bond acceptors (Lipinski definition) is 4. The van der Waals surface area contributed by atoms with Gasteiger partial charge in [0.2, 0.25) is 0 Å². The van der Waals surface area contributed by atoms with Crippen molar-refractivity contribution in [1.29, 1.82) is 0 Å². The van der Waals surface area contributed by atoms with Crippen LogP contribution in [-0.2, 0) is 10.1 Å². The maximum Gasteiger partial charge on any atom is 1.00 e. The van der Waals surface area contributed by atoms with E-state index >= 15 is 0 Å². The Morgan fingerprint density at radius 3 is 1.41 bits per heavy atom. The van der Waals surface area contributed by atoms with Gasteiger partial charge >= 0.3 is 51.4 Å². The maximum absolute atomic E-state index is 11.3. The van der Waals surface area contributed by atoms with Crippen LogP contribution in [0.15, 0.2) is 0 Å². The van der Waals surface area contributed by atoms with Gasteiger partial charge in [0.1, 0.15) is 10.1 Å². The smallest absolute Gasteiger partial charge is 0.748 e. The monoisotopic (exact) mass is 430 g/mol. The van der Waals surface area contributed by atoms with Gasteiger partial charge < -0.3 is 9.66 Å². The van der Waals surface area contributed by atoms with Crippen molar-refractivity contribution >= 4 is 10.1 Å². The average Bonchev–Trinajstić information content (AvgIpc) is 2.58. The predicted octanol–water partition coefficient (Wildman–Crippen LogP) is 2.94. The van der Waals surface area contributed by atoms with Crippen molar-refractivity contribution in [3.05, 3.63) is 0 Å². The number of unbranched alkanes of at least 4 members (excludes halogenated alkanes) is 13. The van der Waals surface area contributed by atoms with Crippen LogP contribution < -0.4 is 51.4 Å². The SMILES string of the molecule is CCCCCCCCCCCCCCCC(O)C(CCCC)S(=O)(=O)[O-].[K+]. The van der Waals surface area contributed by atoms with Crippen LogP contribution >= 0.6 is 0 Å². The summed E-state index contributed by atoms with van der Waals surface area (Å²) in [5.74, 6) is 0. The topological polar surface area (TPSA) is 77.4 Å². The first kappa shape index (κ1) is 30.7. The summed E-state index contributed by atoms with van der Waals surface area (Å²) < 4.78 is 33.9. The zero-order chi connectivity index (χ0) is 19.7. The van der Waals surface area contributed by atoms with Crippen molar-refractivity contribution < 1.29 is 69.5 Å². The molecule has 0 radical (unpaired) electrons. The first-order valence-electron chi connectivity index (χ1n) is 11.1. The van der Waals surface area contributed by atoms with Gasteiger partial charge in [0, 0.05) is 0 Å². The zero-order valence-corrected chi connectivity index (χ0v) is 22.2. The fraction of sp³-hybridized carbons (Fsp3) is 1.00. The van der Waals surface area contributed by atoms with E-state index in [4.69, 9.17) is 0 Å². The number of rotatable bonds is 19. The van der Waals surface area contributed by atoms with E-state index in [1.807, 2.05) is 6.92 Å². The molecule has 27 heavy (non-hydrogen) atoms. The van der Waals surface area contributed by atoms with E-state index in [0.29, 0.717) is 12.8 Å². The molecule has 1 N–H and O–H groups in total. The Morgan fingerprint density at radius 1 is 0.667 bits per heavy atom. The Morgan fingerprint density at radius 2 is 1.04 bits per heavy atom. The van der Waals surface area contributed by atoms with Crippen LogP contribution in [0.3, 0.4) is 0 Å². The maximum atomic E-state index is 11.3. The minimum atomic E-state index is -4.40. The fourth-order valence-electron chi connectivity index (χ4n) is 3.49. The quantitative estimate of drug-likeness (QED) is 0.194. The molecule has 0 spiro atoms. The molecule has 0 aliphatic heterocycles. The van der Waals surface area contributed by atoms with E-state index < -0.39 is 21.5 Å². The first-order chi connectivity index (χ1) is 12.4. The molecule has 158 valence electrons. The molecule has 0 saturated carbocycles. The van der Waals surface area contributed by atoms with Crippen molar-refractivity contribution in [3.8, 4) is 0 Å². The zero-order valence-electron chi connectivity index (χ0n) is 18.3. The molecule has 2 atom stereocenters. The molecule has 0 saturated heterocycles. The third-order valence-corrected chi connectivity index (χ3v) is 6.54. The average molecular weight is 431 g/mol. The van der Waals surface area contributed by atoms with Crippen LogP contribution in [0.5, 0.6) is 0 Å². The van der Waals surface area contributed by atoms with Crippen molar-refractivity contribution in [2.45, 2.75) is 134 Å². The molecule has 0 heterocycles. The first-order valence-corrected chi connectivity index (χ1v) is 12.5. The van der Waals surface area contributed by atoms with E-state index in [9.17, 15) is 18.1 Å². The molecule has 0 aliphatic carbocycles. The standard InChI is InChI=1S/C21H44O4S.K/c1-3-5-7-8-9-10-11-12-13-14-15-16-17-18-20(22)21(19-6-4-2)26(23,24)25;/h20-22H,3-19H2,1-2H3,(H,23,24,25);/q;+1/p-1. The molecule has 0 amide bonds. The van der Waals surface area contributed by atoms with Crippen molar-refractivity contribution in [1.82, 2.24) is 0 Å². The van der Waals surface area contributed by atoms with E-state index in [1.165, 1.54) is 64.2 Å². The largest absolute Gasteiger partial charge is 1.00 e. The van der Waals surface area contributed by atoms with E-state index in [-0.39, 0.29) is 57.8 Å². The van der Waals surface area contributed by atoms with Gasteiger partial charge in [-0.15, -0.1) is 0 Å². The van der Waals surface area contributed by atoms with E-state index in [2.05, 4.69) is 6.92 Å². The van der Waals surface area contributed by atoms with Crippen LogP contribution in [0, 0.1) is 0 Å². The minimum absolute atomic E-state index is 0. The molecule has 0 aromatic heterocycles. The normalized spacial score (nSPS) is 13.9.